The van der Waals surface area contributed by atoms with E-state index >= 15 is 0 Å². The van der Waals surface area contributed by atoms with Crippen molar-refractivity contribution in [3.05, 3.63) is 35.8 Å². The van der Waals surface area contributed by atoms with Crippen molar-refractivity contribution in [3.63, 3.8) is 0 Å². The lowest BCUT2D eigenvalue weighted by Gasteiger charge is -2.59. The molecule has 132 valence electrons. The van der Waals surface area contributed by atoms with Gasteiger partial charge in [-0.15, -0.1) is 0 Å². The third-order valence-corrected chi connectivity index (χ3v) is 7.06. The summed E-state index contributed by atoms with van der Waals surface area (Å²) < 4.78 is 5.18. The molecule has 2 aliphatic carbocycles. The number of furan rings is 1. The molecular formula is C20H28O4. The van der Waals surface area contributed by atoms with E-state index in [0.29, 0.717) is 17.9 Å². The number of aliphatic hydroxyl groups is 1. The second-order valence-corrected chi connectivity index (χ2v) is 8.13. The first-order valence-corrected chi connectivity index (χ1v) is 8.93. The molecule has 4 heteroatoms. The average molecular weight is 332 g/mol. The zero-order valence-electron chi connectivity index (χ0n) is 14.8. The molecule has 0 aliphatic heterocycles. The number of hydrogen-bond donors (Lipinski definition) is 2. The first kappa shape index (κ1) is 17.3. The Morgan fingerprint density at radius 2 is 2.17 bits per heavy atom. The summed E-state index contributed by atoms with van der Waals surface area (Å²) in [6.45, 7) is 6.46. The van der Waals surface area contributed by atoms with Crippen molar-refractivity contribution >= 4 is 5.97 Å². The smallest absolute Gasteiger partial charge is 0.331 e. The summed E-state index contributed by atoms with van der Waals surface area (Å²) in [6.07, 6.45) is 8.99. The van der Waals surface area contributed by atoms with E-state index in [9.17, 15) is 15.0 Å². The van der Waals surface area contributed by atoms with Crippen molar-refractivity contribution in [2.24, 2.45) is 22.7 Å². The largest absolute Gasteiger partial charge is 0.478 e. The molecule has 0 unspecified atom stereocenters. The first-order chi connectivity index (χ1) is 11.3. The summed E-state index contributed by atoms with van der Waals surface area (Å²) in [6, 6.07) is 1.99. The van der Waals surface area contributed by atoms with E-state index in [4.69, 9.17) is 4.42 Å². The van der Waals surface area contributed by atoms with Crippen molar-refractivity contribution in [1.82, 2.24) is 0 Å². The maximum atomic E-state index is 11.8. The molecule has 2 N–H and O–H groups in total. The third kappa shape index (κ3) is 2.52. The van der Waals surface area contributed by atoms with Gasteiger partial charge in [0.15, 0.2) is 0 Å². The van der Waals surface area contributed by atoms with E-state index in [2.05, 4.69) is 13.8 Å². The number of carbonyl (C=O) groups is 1. The molecular weight excluding hydrogens is 304 g/mol. The van der Waals surface area contributed by atoms with Gasteiger partial charge in [-0.3, -0.25) is 0 Å². The number of hydrogen-bond acceptors (Lipinski definition) is 3. The van der Waals surface area contributed by atoms with Crippen LogP contribution in [-0.4, -0.2) is 22.3 Å². The topological polar surface area (TPSA) is 70.7 Å². The van der Waals surface area contributed by atoms with Crippen molar-refractivity contribution < 1.29 is 19.4 Å². The van der Waals surface area contributed by atoms with Gasteiger partial charge < -0.3 is 14.6 Å². The lowest BCUT2D eigenvalue weighted by atomic mass is 9.45. The average Bonchev–Trinajstić information content (AvgIpc) is 3.04. The van der Waals surface area contributed by atoms with Gasteiger partial charge in [0, 0.05) is 11.0 Å². The molecule has 3 rings (SSSR count). The highest BCUT2D eigenvalue weighted by Crippen LogP contribution is 2.61. The van der Waals surface area contributed by atoms with Crippen LogP contribution in [0.3, 0.4) is 0 Å². The number of carboxylic acid groups (broad SMARTS) is 1. The Hall–Kier alpha value is -1.55. The van der Waals surface area contributed by atoms with Crippen LogP contribution in [0.4, 0.5) is 0 Å². The van der Waals surface area contributed by atoms with E-state index in [1.54, 1.807) is 12.5 Å². The molecule has 0 amide bonds. The molecule has 2 aliphatic rings. The monoisotopic (exact) mass is 332 g/mol. The molecule has 1 heterocycles. The van der Waals surface area contributed by atoms with Crippen LogP contribution in [-0.2, 0) is 11.2 Å². The van der Waals surface area contributed by atoms with Gasteiger partial charge in [-0.2, -0.15) is 0 Å². The summed E-state index contributed by atoms with van der Waals surface area (Å²) in [5.74, 6) is -0.356. The van der Waals surface area contributed by atoms with E-state index in [1.807, 2.05) is 19.1 Å². The summed E-state index contributed by atoms with van der Waals surface area (Å²) >= 11 is 0. The fourth-order valence-electron chi connectivity index (χ4n) is 5.31. The fraction of sp³-hybridized carbons (Fsp3) is 0.650. The van der Waals surface area contributed by atoms with Gasteiger partial charge in [-0.05, 0) is 61.0 Å². The third-order valence-electron chi connectivity index (χ3n) is 7.06. The van der Waals surface area contributed by atoms with Crippen molar-refractivity contribution in [2.45, 2.75) is 59.0 Å². The SMILES string of the molecule is C[C@@H]1C[C@H](O)[C@]2(C)C(C(=O)O)=CCC[C@H]2[C@]1(C)CCc1ccoc1. The minimum atomic E-state index is -0.881. The number of aryl methyl sites for hydroxylation is 1. The molecule has 1 aromatic heterocycles. The number of carboxylic acids is 1. The minimum absolute atomic E-state index is 0.000208. The van der Waals surface area contributed by atoms with Gasteiger partial charge in [0.2, 0.25) is 0 Å². The number of aliphatic hydroxyl groups excluding tert-OH is 1. The van der Waals surface area contributed by atoms with Crippen LogP contribution in [0.25, 0.3) is 0 Å². The van der Waals surface area contributed by atoms with Crippen LogP contribution in [0, 0.1) is 22.7 Å². The lowest BCUT2D eigenvalue weighted by Crippen LogP contribution is -2.57. The van der Waals surface area contributed by atoms with Crippen LogP contribution in [0.15, 0.2) is 34.7 Å². The van der Waals surface area contributed by atoms with E-state index < -0.39 is 17.5 Å². The van der Waals surface area contributed by atoms with Gasteiger partial charge in [-0.1, -0.05) is 26.8 Å². The fourth-order valence-corrected chi connectivity index (χ4v) is 5.31. The van der Waals surface area contributed by atoms with Crippen LogP contribution < -0.4 is 0 Å². The second kappa shape index (κ2) is 6.07. The summed E-state index contributed by atoms with van der Waals surface area (Å²) in [7, 11) is 0. The van der Waals surface area contributed by atoms with Crippen LogP contribution in [0.5, 0.6) is 0 Å². The van der Waals surface area contributed by atoms with Crippen LogP contribution >= 0.6 is 0 Å². The Kier molecular flexibility index (Phi) is 4.37. The first-order valence-electron chi connectivity index (χ1n) is 8.93. The minimum Gasteiger partial charge on any atom is -0.478 e. The summed E-state index contributed by atoms with van der Waals surface area (Å²) in [5, 5.41) is 20.5. The second-order valence-electron chi connectivity index (χ2n) is 8.13. The zero-order valence-corrected chi connectivity index (χ0v) is 14.8. The summed E-state index contributed by atoms with van der Waals surface area (Å²) in [5.41, 5.74) is 0.927. The molecule has 5 atom stereocenters. The standard InChI is InChI=1S/C20H28O4/c1-13-11-17(21)20(3)15(18(22)23)5-4-6-16(20)19(13,2)9-7-14-8-10-24-12-14/h5,8,10,12-13,16-17,21H,4,6-7,9,11H2,1-3H3,(H,22,23)/t13-,16+,17+,19-,20-/m1/s1. The van der Waals surface area contributed by atoms with E-state index in [1.165, 1.54) is 5.56 Å². The van der Waals surface area contributed by atoms with Gasteiger partial charge in [-0.25, -0.2) is 4.79 Å². The van der Waals surface area contributed by atoms with Crippen molar-refractivity contribution in [2.75, 3.05) is 0 Å². The highest BCUT2D eigenvalue weighted by molar-refractivity contribution is 5.88. The zero-order chi connectivity index (χ0) is 17.5. The number of allylic oxidation sites excluding steroid dienone is 1. The Bertz CT molecular complexity index is 632. The highest BCUT2D eigenvalue weighted by Gasteiger charge is 2.59. The predicted octanol–water partition coefficient (Wildman–Crippen LogP) is 4.05. The van der Waals surface area contributed by atoms with E-state index in [-0.39, 0.29) is 11.3 Å². The molecule has 4 nitrogen and oxygen atoms in total. The molecule has 0 saturated heterocycles. The van der Waals surface area contributed by atoms with Crippen LogP contribution in [0.1, 0.15) is 52.0 Å². The lowest BCUT2D eigenvalue weighted by molar-refractivity contribution is -0.148. The molecule has 0 radical (unpaired) electrons. The Labute approximate surface area is 143 Å². The summed E-state index contributed by atoms with van der Waals surface area (Å²) in [4.78, 5) is 11.8. The molecule has 1 aromatic rings. The maximum Gasteiger partial charge on any atom is 0.331 e. The van der Waals surface area contributed by atoms with Crippen molar-refractivity contribution in [1.29, 1.82) is 0 Å². The van der Waals surface area contributed by atoms with E-state index in [0.717, 1.165) is 25.7 Å². The van der Waals surface area contributed by atoms with Gasteiger partial charge in [0.1, 0.15) is 0 Å². The van der Waals surface area contributed by atoms with Crippen LogP contribution in [0.2, 0.25) is 0 Å². The molecule has 1 fully saturated rings. The van der Waals surface area contributed by atoms with Gasteiger partial charge in [0.25, 0.3) is 0 Å². The molecule has 24 heavy (non-hydrogen) atoms. The quantitative estimate of drug-likeness (QED) is 0.873. The Balaban J connectivity index is 1.94. The molecule has 0 spiro atoms. The normalized spacial score (nSPS) is 39.2. The number of fused-ring (bicyclic) bond motifs is 1. The maximum absolute atomic E-state index is 11.8. The van der Waals surface area contributed by atoms with Crippen molar-refractivity contribution in [3.8, 4) is 0 Å². The molecule has 0 aromatic carbocycles. The Morgan fingerprint density at radius 1 is 1.42 bits per heavy atom. The molecule has 0 bridgehead atoms. The Morgan fingerprint density at radius 3 is 2.79 bits per heavy atom. The highest BCUT2D eigenvalue weighted by atomic mass is 16.4. The van der Waals surface area contributed by atoms with Gasteiger partial charge >= 0.3 is 5.97 Å². The number of rotatable bonds is 4. The van der Waals surface area contributed by atoms with Gasteiger partial charge in [0.05, 0.1) is 18.6 Å². The predicted molar refractivity (Wildman–Crippen MR) is 91.5 cm³/mol. The molecule has 1 saturated carbocycles. The number of aliphatic carboxylic acids is 1.